The van der Waals surface area contributed by atoms with E-state index in [4.69, 9.17) is 14.9 Å². The van der Waals surface area contributed by atoms with Gasteiger partial charge in [-0.1, -0.05) is 6.92 Å². The van der Waals surface area contributed by atoms with Crippen molar-refractivity contribution in [2.75, 3.05) is 19.0 Å². The zero-order valence-electron chi connectivity index (χ0n) is 9.04. The van der Waals surface area contributed by atoms with Crippen LogP contribution in [0.2, 0.25) is 0 Å². The summed E-state index contributed by atoms with van der Waals surface area (Å²) in [6.45, 7) is 3.51. The van der Waals surface area contributed by atoms with Crippen LogP contribution in [0.4, 0.5) is 0 Å². The van der Waals surface area contributed by atoms with E-state index in [1.807, 2.05) is 6.92 Å². The molecule has 0 saturated carbocycles. The lowest BCUT2D eigenvalue weighted by atomic mass is 10.1. The van der Waals surface area contributed by atoms with Crippen molar-refractivity contribution < 1.29 is 25.2 Å². The first-order valence-corrected chi connectivity index (χ1v) is 6.01. The summed E-state index contributed by atoms with van der Waals surface area (Å²) >= 11 is 1.34. The van der Waals surface area contributed by atoms with Crippen molar-refractivity contribution >= 4 is 11.8 Å². The summed E-state index contributed by atoms with van der Waals surface area (Å²) in [5, 5.41) is 36.9. The van der Waals surface area contributed by atoms with E-state index in [1.165, 1.54) is 11.8 Å². The summed E-state index contributed by atoms with van der Waals surface area (Å²) in [6, 6.07) is 0. The van der Waals surface area contributed by atoms with Gasteiger partial charge in [-0.2, -0.15) is 0 Å². The molecule has 0 aromatic heterocycles. The summed E-state index contributed by atoms with van der Waals surface area (Å²) in [7, 11) is 0. The molecule has 0 amide bonds. The minimum absolute atomic E-state index is 0.413. The highest BCUT2D eigenvalue weighted by Gasteiger charge is 2.31. The lowest BCUT2D eigenvalue weighted by Gasteiger charge is -2.27. The normalized spacial score (nSPS) is 19.6. The Morgan fingerprint density at radius 1 is 1.13 bits per heavy atom. The maximum Gasteiger partial charge on any atom is 0.131 e. The van der Waals surface area contributed by atoms with Gasteiger partial charge in [-0.05, 0) is 12.7 Å². The Kier molecular flexibility index (Phi) is 8.40. The fourth-order valence-corrected chi connectivity index (χ4v) is 1.99. The predicted octanol–water partition coefficient (Wildman–Crippen LogP) is -0.823. The van der Waals surface area contributed by atoms with Crippen LogP contribution in [0.1, 0.15) is 13.8 Å². The topological polar surface area (TPSA) is 90.2 Å². The third-order valence-electron chi connectivity index (χ3n) is 1.87. The van der Waals surface area contributed by atoms with Crippen LogP contribution < -0.4 is 0 Å². The van der Waals surface area contributed by atoms with E-state index >= 15 is 0 Å². The predicted molar refractivity (Wildman–Crippen MR) is 58.7 cm³/mol. The van der Waals surface area contributed by atoms with E-state index < -0.39 is 30.4 Å². The Labute approximate surface area is 94.1 Å². The second-order valence-electron chi connectivity index (χ2n) is 3.01. The molecule has 0 fully saturated rings. The first-order chi connectivity index (χ1) is 7.08. The molecule has 0 rings (SSSR count). The maximum absolute atomic E-state index is 9.67. The van der Waals surface area contributed by atoms with E-state index in [0.29, 0.717) is 6.61 Å². The summed E-state index contributed by atoms with van der Waals surface area (Å²) < 4.78 is 5.22. The molecule has 4 N–H and O–H groups in total. The van der Waals surface area contributed by atoms with Gasteiger partial charge in [0.1, 0.15) is 23.7 Å². The van der Waals surface area contributed by atoms with Crippen LogP contribution in [0.25, 0.3) is 0 Å². The molecule has 15 heavy (non-hydrogen) atoms. The van der Waals surface area contributed by atoms with Crippen molar-refractivity contribution in [2.24, 2.45) is 0 Å². The van der Waals surface area contributed by atoms with Crippen molar-refractivity contribution in [3.8, 4) is 0 Å². The summed E-state index contributed by atoms with van der Waals surface area (Å²) in [5.74, 6) is 0.726. The molecule has 0 aromatic carbocycles. The third-order valence-corrected chi connectivity index (χ3v) is 2.95. The third kappa shape index (κ3) is 5.14. The molecule has 0 saturated heterocycles. The number of aliphatic hydroxyl groups is 4. The zero-order chi connectivity index (χ0) is 11.8. The van der Waals surface area contributed by atoms with E-state index in [0.717, 1.165) is 5.75 Å². The highest BCUT2D eigenvalue weighted by molar-refractivity contribution is 7.99. The SMILES string of the molecule is CCOC(SCC)[C@@H](O)[C@H](O)[C@H](O)CO. The highest BCUT2D eigenvalue weighted by Crippen LogP contribution is 2.19. The number of hydrogen-bond acceptors (Lipinski definition) is 6. The van der Waals surface area contributed by atoms with Gasteiger partial charge in [0.05, 0.1) is 6.61 Å². The molecule has 4 atom stereocenters. The van der Waals surface area contributed by atoms with Crippen LogP contribution >= 0.6 is 11.8 Å². The van der Waals surface area contributed by atoms with Crippen molar-refractivity contribution in [1.29, 1.82) is 0 Å². The Morgan fingerprint density at radius 2 is 1.73 bits per heavy atom. The summed E-state index contributed by atoms with van der Waals surface area (Å²) in [5.41, 5.74) is -0.587. The van der Waals surface area contributed by atoms with Gasteiger partial charge in [-0.25, -0.2) is 0 Å². The maximum atomic E-state index is 9.67. The minimum Gasteiger partial charge on any atom is -0.394 e. The number of thioether (sulfide) groups is 1. The van der Waals surface area contributed by atoms with Crippen LogP contribution in [0, 0.1) is 0 Å². The van der Waals surface area contributed by atoms with Crippen molar-refractivity contribution in [2.45, 2.75) is 37.6 Å². The smallest absolute Gasteiger partial charge is 0.131 e. The quantitative estimate of drug-likeness (QED) is 0.414. The molecule has 0 aliphatic rings. The van der Waals surface area contributed by atoms with Crippen LogP contribution in [0.5, 0.6) is 0 Å². The first-order valence-electron chi connectivity index (χ1n) is 4.96. The molecule has 0 aliphatic heterocycles. The Hall–Kier alpha value is 0.150. The molecule has 5 nitrogen and oxygen atoms in total. The average Bonchev–Trinajstić information content (AvgIpc) is 2.25. The van der Waals surface area contributed by atoms with E-state index in [2.05, 4.69) is 0 Å². The number of aliphatic hydroxyl groups excluding tert-OH is 4. The van der Waals surface area contributed by atoms with Crippen molar-refractivity contribution in [3.63, 3.8) is 0 Å². The molecule has 0 aliphatic carbocycles. The number of rotatable bonds is 8. The van der Waals surface area contributed by atoms with Gasteiger partial charge in [0.25, 0.3) is 0 Å². The fourth-order valence-electron chi connectivity index (χ4n) is 1.07. The molecule has 92 valence electrons. The number of hydrogen-bond donors (Lipinski definition) is 4. The average molecular weight is 240 g/mol. The molecule has 0 aromatic rings. The van der Waals surface area contributed by atoms with Gasteiger partial charge >= 0.3 is 0 Å². The Balaban J connectivity index is 4.26. The second-order valence-corrected chi connectivity index (χ2v) is 4.39. The Bertz CT molecular complexity index is 151. The van der Waals surface area contributed by atoms with Crippen LogP contribution in [0.15, 0.2) is 0 Å². The molecular formula is C9H20O5S. The lowest BCUT2D eigenvalue weighted by Crippen LogP contribution is -2.45. The van der Waals surface area contributed by atoms with Gasteiger partial charge in [0.15, 0.2) is 0 Å². The van der Waals surface area contributed by atoms with Crippen LogP contribution in [-0.4, -0.2) is 63.1 Å². The molecule has 1 unspecified atom stereocenters. The van der Waals surface area contributed by atoms with Gasteiger partial charge in [0, 0.05) is 6.61 Å². The van der Waals surface area contributed by atoms with Crippen molar-refractivity contribution in [1.82, 2.24) is 0 Å². The van der Waals surface area contributed by atoms with E-state index in [1.54, 1.807) is 6.92 Å². The second kappa shape index (κ2) is 8.32. The minimum atomic E-state index is -1.40. The van der Waals surface area contributed by atoms with Crippen molar-refractivity contribution in [3.05, 3.63) is 0 Å². The van der Waals surface area contributed by atoms with Crippen LogP contribution in [0.3, 0.4) is 0 Å². The van der Waals surface area contributed by atoms with Gasteiger partial charge in [-0.15, -0.1) is 11.8 Å². The molecular weight excluding hydrogens is 220 g/mol. The van der Waals surface area contributed by atoms with E-state index in [-0.39, 0.29) is 0 Å². The van der Waals surface area contributed by atoms with Gasteiger partial charge in [0.2, 0.25) is 0 Å². The monoisotopic (exact) mass is 240 g/mol. The fraction of sp³-hybridized carbons (Fsp3) is 1.00. The molecule has 0 bridgehead atoms. The lowest BCUT2D eigenvalue weighted by molar-refractivity contribution is -0.107. The van der Waals surface area contributed by atoms with Crippen LogP contribution in [-0.2, 0) is 4.74 Å². The van der Waals surface area contributed by atoms with Gasteiger partial charge in [-0.3, -0.25) is 0 Å². The summed E-state index contributed by atoms with van der Waals surface area (Å²) in [4.78, 5) is 0. The highest BCUT2D eigenvalue weighted by atomic mass is 32.2. The van der Waals surface area contributed by atoms with Gasteiger partial charge < -0.3 is 25.2 Å². The summed E-state index contributed by atoms with van der Waals surface area (Å²) in [6.07, 6.45) is -3.96. The zero-order valence-corrected chi connectivity index (χ0v) is 9.85. The molecule has 0 spiro atoms. The standard InChI is InChI=1S/C9H20O5S/c1-3-14-9(15-4-2)8(13)7(12)6(11)5-10/h6-13H,3-5H2,1-2H3/t6-,7-,8+,9?/m1/s1. The largest absolute Gasteiger partial charge is 0.394 e. The number of ether oxygens (including phenoxy) is 1. The molecule has 6 heteroatoms. The first kappa shape index (κ1) is 15.2. The molecule has 0 radical (unpaired) electrons. The molecule has 0 heterocycles. The van der Waals surface area contributed by atoms with E-state index in [9.17, 15) is 10.2 Å². The Morgan fingerprint density at radius 3 is 2.13 bits per heavy atom.